The molecule has 34 heavy (non-hydrogen) atoms. The Bertz CT molecular complexity index is 1080. The van der Waals surface area contributed by atoms with Gasteiger partial charge in [-0.15, -0.1) is 0 Å². The average molecular weight is 506 g/mol. The number of aryl methyl sites for hydroxylation is 1. The molecule has 0 radical (unpaired) electrons. The normalized spacial score (nSPS) is 14.3. The van der Waals surface area contributed by atoms with Crippen molar-refractivity contribution in [2.24, 2.45) is 13.0 Å². The van der Waals surface area contributed by atoms with E-state index in [1.807, 2.05) is 36.1 Å². The first-order valence-corrected chi connectivity index (χ1v) is 13.0. The topological polar surface area (TPSA) is 81.5 Å². The van der Waals surface area contributed by atoms with Gasteiger partial charge in [0, 0.05) is 55.0 Å². The number of carbonyl (C=O) groups excluding carboxylic acids is 2. The van der Waals surface area contributed by atoms with Crippen LogP contribution in [-0.2, 0) is 27.8 Å². The van der Waals surface area contributed by atoms with Crippen molar-refractivity contribution in [2.75, 3.05) is 25.4 Å². The fraction of sp³-hybridized carbons (Fsp3) is 0.520. The highest BCUT2D eigenvalue weighted by atomic mass is 35.5. The molecule has 1 aliphatic heterocycles. The zero-order chi connectivity index (χ0) is 24.7. The highest BCUT2D eigenvalue weighted by molar-refractivity contribution is 7.99. The molecule has 9 heteroatoms. The number of hydrogen-bond acceptors (Lipinski definition) is 6. The van der Waals surface area contributed by atoms with Gasteiger partial charge in [0.2, 0.25) is 5.91 Å². The van der Waals surface area contributed by atoms with Gasteiger partial charge in [0.1, 0.15) is 0 Å². The van der Waals surface area contributed by atoms with Gasteiger partial charge in [0.05, 0.1) is 12.5 Å². The third kappa shape index (κ3) is 6.85. The molecule has 2 heterocycles. The van der Waals surface area contributed by atoms with Gasteiger partial charge in [-0.3, -0.25) is 19.0 Å². The van der Waals surface area contributed by atoms with E-state index in [1.54, 1.807) is 18.5 Å². The van der Waals surface area contributed by atoms with E-state index >= 15 is 0 Å². The van der Waals surface area contributed by atoms with E-state index in [2.05, 4.69) is 4.98 Å². The van der Waals surface area contributed by atoms with E-state index in [-0.39, 0.29) is 23.4 Å². The van der Waals surface area contributed by atoms with Crippen molar-refractivity contribution >= 4 is 35.2 Å². The minimum atomic E-state index is -0.155. The maximum Gasteiger partial charge on any atom is 0.309 e. The predicted molar refractivity (Wildman–Crippen MR) is 134 cm³/mol. The Morgan fingerprint density at radius 3 is 2.68 bits per heavy atom. The van der Waals surface area contributed by atoms with Gasteiger partial charge in [-0.05, 0) is 50.8 Å². The first kappa shape index (κ1) is 26.3. The van der Waals surface area contributed by atoms with Crippen LogP contribution in [0.3, 0.4) is 0 Å². The Kier molecular flexibility index (Phi) is 9.59. The lowest BCUT2D eigenvalue weighted by Crippen LogP contribution is -2.40. The number of aromatic nitrogens is 2. The van der Waals surface area contributed by atoms with Crippen LogP contribution in [0.25, 0.3) is 0 Å². The lowest BCUT2D eigenvalue weighted by molar-refractivity contribution is -0.151. The van der Waals surface area contributed by atoms with E-state index in [0.29, 0.717) is 79.0 Å². The molecular formula is C25H32ClN3O4S. The van der Waals surface area contributed by atoms with Crippen molar-refractivity contribution in [3.8, 4) is 0 Å². The molecule has 2 aromatic rings. The van der Waals surface area contributed by atoms with Crippen molar-refractivity contribution in [2.45, 2.75) is 51.1 Å². The number of hydrogen-bond donors (Lipinski definition) is 0. The monoisotopic (exact) mass is 505 g/mol. The molecule has 1 saturated heterocycles. The summed E-state index contributed by atoms with van der Waals surface area (Å²) in [6.07, 6.45) is 2.94. The minimum absolute atomic E-state index is 0.0597. The van der Waals surface area contributed by atoms with E-state index in [4.69, 9.17) is 16.3 Å². The Morgan fingerprint density at radius 2 is 2.00 bits per heavy atom. The van der Waals surface area contributed by atoms with Gasteiger partial charge in [-0.25, -0.2) is 4.98 Å². The summed E-state index contributed by atoms with van der Waals surface area (Å²) in [5.41, 5.74) is 2.29. The number of ether oxygens (including phenoxy) is 1. The van der Waals surface area contributed by atoms with Gasteiger partial charge in [-0.1, -0.05) is 35.5 Å². The number of nitrogens with zero attached hydrogens (tertiary/aromatic N) is 3. The molecule has 1 amide bonds. The van der Waals surface area contributed by atoms with Crippen LogP contribution in [-0.4, -0.2) is 51.8 Å². The van der Waals surface area contributed by atoms with Crippen molar-refractivity contribution in [1.29, 1.82) is 0 Å². The molecule has 1 aromatic heterocycles. The number of amides is 1. The fourth-order valence-electron chi connectivity index (χ4n) is 4.08. The summed E-state index contributed by atoms with van der Waals surface area (Å²) in [5, 5.41) is 1.30. The average Bonchev–Trinajstić information content (AvgIpc) is 2.82. The minimum Gasteiger partial charge on any atom is -0.466 e. The molecule has 1 aliphatic rings. The Hall–Kier alpha value is -2.32. The molecule has 1 fully saturated rings. The van der Waals surface area contributed by atoms with Crippen LogP contribution in [0.5, 0.6) is 0 Å². The highest BCUT2D eigenvalue weighted by Gasteiger charge is 2.27. The van der Waals surface area contributed by atoms with Gasteiger partial charge in [0.15, 0.2) is 5.16 Å². The zero-order valence-electron chi connectivity index (χ0n) is 20.0. The summed E-state index contributed by atoms with van der Waals surface area (Å²) in [7, 11) is 1.73. The number of likely N-dealkylation sites (tertiary alicyclic amines) is 1. The van der Waals surface area contributed by atoms with E-state index < -0.39 is 0 Å². The van der Waals surface area contributed by atoms with Crippen LogP contribution in [0.15, 0.2) is 34.2 Å². The first-order valence-electron chi connectivity index (χ1n) is 11.7. The summed E-state index contributed by atoms with van der Waals surface area (Å²) < 4.78 is 6.67. The molecular weight excluding hydrogens is 474 g/mol. The first-order chi connectivity index (χ1) is 16.3. The maximum absolute atomic E-state index is 12.9. The Labute approximate surface area is 209 Å². The lowest BCUT2D eigenvalue weighted by Gasteiger charge is -2.31. The lowest BCUT2D eigenvalue weighted by atomic mass is 9.97. The number of benzene rings is 1. The SMILES string of the molecule is CCOC(=O)C1CCN(C(=O)CCCSc2nc(C)c(Cc3cccc(Cl)c3)c(=O)n2C)CC1. The molecule has 0 spiro atoms. The quantitative estimate of drug-likeness (QED) is 0.222. The Balaban J connectivity index is 1.49. The van der Waals surface area contributed by atoms with Crippen LogP contribution < -0.4 is 5.56 Å². The molecule has 7 nitrogen and oxygen atoms in total. The predicted octanol–water partition coefficient (Wildman–Crippen LogP) is 4.01. The molecule has 0 aliphatic carbocycles. The number of rotatable bonds is 9. The molecule has 0 bridgehead atoms. The van der Waals surface area contributed by atoms with Crippen LogP contribution in [0.4, 0.5) is 0 Å². The van der Waals surface area contributed by atoms with Crippen LogP contribution in [0.1, 0.15) is 49.4 Å². The molecule has 184 valence electrons. The van der Waals surface area contributed by atoms with Crippen molar-refractivity contribution in [1.82, 2.24) is 14.5 Å². The Morgan fingerprint density at radius 1 is 1.26 bits per heavy atom. The van der Waals surface area contributed by atoms with Gasteiger partial charge < -0.3 is 9.64 Å². The van der Waals surface area contributed by atoms with Gasteiger partial charge in [0.25, 0.3) is 5.56 Å². The van der Waals surface area contributed by atoms with Crippen molar-refractivity contribution < 1.29 is 14.3 Å². The highest BCUT2D eigenvalue weighted by Crippen LogP contribution is 2.22. The second-order valence-electron chi connectivity index (χ2n) is 8.49. The second kappa shape index (κ2) is 12.4. The summed E-state index contributed by atoms with van der Waals surface area (Å²) in [6.45, 7) is 5.24. The van der Waals surface area contributed by atoms with Crippen LogP contribution >= 0.6 is 23.4 Å². The summed E-state index contributed by atoms with van der Waals surface area (Å²) in [4.78, 5) is 43.8. The standard InChI is InChI=1S/C25H32ClN3O4S/c1-4-33-24(32)19-10-12-29(13-11-19)22(30)9-6-14-34-25-27-17(2)21(23(31)28(25)3)16-18-7-5-8-20(26)15-18/h5,7-8,15,19H,4,6,9-14,16H2,1-3H3. The molecule has 0 N–H and O–H groups in total. The smallest absolute Gasteiger partial charge is 0.309 e. The molecule has 1 aromatic carbocycles. The zero-order valence-corrected chi connectivity index (χ0v) is 21.6. The number of halogens is 1. The van der Waals surface area contributed by atoms with Crippen molar-refractivity contribution in [3.63, 3.8) is 0 Å². The number of piperidine rings is 1. The van der Waals surface area contributed by atoms with Gasteiger partial charge in [-0.2, -0.15) is 0 Å². The van der Waals surface area contributed by atoms with Crippen LogP contribution in [0.2, 0.25) is 5.02 Å². The van der Waals surface area contributed by atoms with Crippen LogP contribution in [0, 0.1) is 12.8 Å². The summed E-state index contributed by atoms with van der Waals surface area (Å²) in [5.74, 6) is 0.547. The van der Waals surface area contributed by atoms with Crippen molar-refractivity contribution in [3.05, 3.63) is 56.5 Å². The van der Waals surface area contributed by atoms with E-state index in [1.165, 1.54) is 11.8 Å². The third-order valence-corrected chi connectivity index (χ3v) is 7.40. The maximum atomic E-state index is 12.9. The second-order valence-corrected chi connectivity index (χ2v) is 9.99. The molecule has 0 unspecified atom stereocenters. The molecule has 3 rings (SSSR count). The largest absolute Gasteiger partial charge is 0.466 e. The number of esters is 1. The molecule has 0 atom stereocenters. The number of carbonyl (C=O) groups is 2. The van der Waals surface area contributed by atoms with Gasteiger partial charge >= 0.3 is 5.97 Å². The third-order valence-electron chi connectivity index (χ3n) is 6.05. The summed E-state index contributed by atoms with van der Waals surface area (Å²) in [6, 6.07) is 7.49. The summed E-state index contributed by atoms with van der Waals surface area (Å²) >= 11 is 7.56. The molecule has 0 saturated carbocycles. The fourth-order valence-corrected chi connectivity index (χ4v) is 5.25. The van der Waals surface area contributed by atoms with E-state index in [0.717, 1.165) is 5.56 Å². The van der Waals surface area contributed by atoms with E-state index in [9.17, 15) is 14.4 Å². The number of thioether (sulfide) groups is 1.